The maximum absolute atomic E-state index is 13.1. The number of imidazole rings is 1. The lowest BCUT2D eigenvalue weighted by Crippen LogP contribution is -2.25. The van der Waals surface area contributed by atoms with Crippen molar-refractivity contribution in [1.29, 1.82) is 0 Å². The summed E-state index contributed by atoms with van der Waals surface area (Å²) >= 11 is 6.14. The largest absolute Gasteiger partial charge is 0.492 e. The molecule has 0 spiro atoms. The fourth-order valence-corrected chi connectivity index (χ4v) is 4.79. The number of carbonyl (C=O) groups is 1. The Bertz CT molecular complexity index is 1370. The van der Waals surface area contributed by atoms with E-state index in [-0.39, 0.29) is 11.8 Å². The standard InChI is InChI=1S/C28H28ClN3O3/c1-3-34-26-11-7-6-10-25(26)32-18-20(17-27(32)33)28-30-23-8-4-5-9-24(23)31(28)14-15-35-21-12-13-22(29)19(2)16-21/h4-13,16,20H,3,14-15,17-18H2,1-2H3/t20-/m1/s1. The Morgan fingerprint density at radius 1 is 1.06 bits per heavy atom. The number of fused-ring (bicyclic) bond motifs is 1. The van der Waals surface area contributed by atoms with Crippen molar-refractivity contribution in [3.8, 4) is 11.5 Å². The minimum absolute atomic E-state index is 0.0256. The Morgan fingerprint density at radius 3 is 2.69 bits per heavy atom. The maximum atomic E-state index is 13.1. The van der Waals surface area contributed by atoms with E-state index in [0.29, 0.717) is 32.7 Å². The molecule has 1 atom stereocenters. The van der Waals surface area contributed by atoms with Gasteiger partial charge >= 0.3 is 0 Å². The van der Waals surface area contributed by atoms with E-state index in [4.69, 9.17) is 26.1 Å². The molecule has 0 unspecified atom stereocenters. The van der Waals surface area contributed by atoms with Gasteiger partial charge in [0.05, 0.1) is 29.9 Å². The van der Waals surface area contributed by atoms with Gasteiger partial charge in [0.15, 0.2) is 0 Å². The molecule has 1 amide bonds. The quantitative estimate of drug-likeness (QED) is 0.305. The van der Waals surface area contributed by atoms with Crippen LogP contribution in [0.4, 0.5) is 5.69 Å². The van der Waals surface area contributed by atoms with Gasteiger partial charge in [0.2, 0.25) is 5.91 Å². The lowest BCUT2D eigenvalue weighted by atomic mass is 10.1. The van der Waals surface area contributed by atoms with E-state index in [9.17, 15) is 4.79 Å². The number of ether oxygens (including phenoxy) is 2. The molecule has 35 heavy (non-hydrogen) atoms. The van der Waals surface area contributed by atoms with E-state index in [1.54, 1.807) is 0 Å². The molecule has 2 heterocycles. The molecule has 5 rings (SSSR count). The summed E-state index contributed by atoms with van der Waals surface area (Å²) in [6.07, 6.45) is 0.404. The third-order valence-corrected chi connectivity index (χ3v) is 6.77. The summed E-state index contributed by atoms with van der Waals surface area (Å²) in [6.45, 7) is 6.11. The summed E-state index contributed by atoms with van der Waals surface area (Å²) in [7, 11) is 0. The fourth-order valence-electron chi connectivity index (χ4n) is 4.67. The first kappa shape index (κ1) is 23.2. The van der Waals surface area contributed by atoms with Crippen molar-refractivity contribution >= 4 is 34.2 Å². The zero-order valence-corrected chi connectivity index (χ0v) is 20.7. The Hall–Kier alpha value is -3.51. The molecule has 1 aromatic heterocycles. The molecule has 180 valence electrons. The van der Waals surface area contributed by atoms with Gasteiger partial charge in [-0.15, -0.1) is 0 Å². The molecule has 3 aromatic carbocycles. The van der Waals surface area contributed by atoms with Crippen LogP contribution in [0.25, 0.3) is 11.0 Å². The smallest absolute Gasteiger partial charge is 0.227 e. The Labute approximate surface area is 210 Å². The number of halogens is 1. The van der Waals surface area contributed by atoms with Gasteiger partial charge in [-0.3, -0.25) is 4.79 Å². The van der Waals surface area contributed by atoms with Gasteiger partial charge in [0, 0.05) is 23.9 Å². The number of carbonyl (C=O) groups excluding carboxylic acids is 1. The van der Waals surface area contributed by atoms with Gasteiger partial charge in [0.1, 0.15) is 23.9 Å². The second-order valence-corrected chi connectivity index (χ2v) is 9.08. The second-order valence-electron chi connectivity index (χ2n) is 8.68. The Kier molecular flexibility index (Phi) is 6.64. The topological polar surface area (TPSA) is 56.6 Å². The molecule has 1 aliphatic rings. The van der Waals surface area contributed by atoms with Gasteiger partial charge in [-0.05, 0) is 61.9 Å². The summed E-state index contributed by atoms with van der Waals surface area (Å²) in [5.74, 6) is 2.47. The van der Waals surface area contributed by atoms with Crippen molar-refractivity contribution in [3.05, 3.63) is 83.1 Å². The van der Waals surface area contributed by atoms with E-state index in [0.717, 1.165) is 44.6 Å². The highest BCUT2D eigenvalue weighted by Gasteiger charge is 2.36. The number of aryl methyl sites for hydroxylation is 1. The van der Waals surface area contributed by atoms with Gasteiger partial charge in [-0.2, -0.15) is 0 Å². The number of para-hydroxylation sites is 4. The normalized spacial score (nSPS) is 15.7. The summed E-state index contributed by atoms with van der Waals surface area (Å²) in [5.41, 5.74) is 3.75. The number of amides is 1. The monoisotopic (exact) mass is 489 g/mol. The summed E-state index contributed by atoms with van der Waals surface area (Å²) in [6, 6.07) is 21.5. The molecule has 7 heteroatoms. The van der Waals surface area contributed by atoms with Crippen molar-refractivity contribution in [1.82, 2.24) is 9.55 Å². The number of hydrogen-bond donors (Lipinski definition) is 0. The Morgan fingerprint density at radius 2 is 1.86 bits per heavy atom. The number of rotatable bonds is 8. The number of nitrogens with zero attached hydrogens (tertiary/aromatic N) is 3. The van der Waals surface area contributed by atoms with Crippen molar-refractivity contribution in [2.24, 2.45) is 0 Å². The highest BCUT2D eigenvalue weighted by molar-refractivity contribution is 6.31. The molecule has 6 nitrogen and oxygen atoms in total. The highest BCUT2D eigenvalue weighted by atomic mass is 35.5. The van der Waals surface area contributed by atoms with E-state index in [1.165, 1.54) is 0 Å². The van der Waals surface area contributed by atoms with E-state index in [2.05, 4.69) is 10.6 Å². The average Bonchev–Trinajstić information content (AvgIpc) is 3.42. The van der Waals surface area contributed by atoms with Crippen LogP contribution in [-0.2, 0) is 11.3 Å². The first-order valence-electron chi connectivity index (χ1n) is 11.9. The van der Waals surface area contributed by atoms with Crippen LogP contribution in [0.2, 0.25) is 5.02 Å². The lowest BCUT2D eigenvalue weighted by molar-refractivity contribution is -0.117. The first-order valence-corrected chi connectivity index (χ1v) is 12.3. The van der Waals surface area contributed by atoms with Crippen LogP contribution in [-0.4, -0.2) is 35.2 Å². The average molecular weight is 490 g/mol. The predicted octanol–water partition coefficient (Wildman–Crippen LogP) is 6.00. The molecule has 0 bridgehead atoms. The first-order chi connectivity index (χ1) is 17.0. The highest BCUT2D eigenvalue weighted by Crippen LogP contribution is 2.37. The van der Waals surface area contributed by atoms with E-state index in [1.807, 2.05) is 79.4 Å². The second kappa shape index (κ2) is 10.0. The Balaban J connectivity index is 1.40. The van der Waals surface area contributed by atoms with Gasteiger partial charge in [0.25, 0.3) is 0 Å². The minimum Gasteiger partial charge on any atom is -0.492 e. The van der Waals surface area contributed by atoms with Crippen LogP contribution in [0.5, 0.6) is 11.5 Å². The fraction of sp³-hybridized carbons (Fsp3) is 0.286. The molecule has 1 fully saturated rings. The van der Waals surface area contributed by atoms with Crippen molar-refractivity contribution in [2.75, 3.05) is 24.7 Å². The van der Waals surface area contributed by atoms with Gasteiger partial charge in [-0.1, -0.05) is 35.9 Å². The lowest BCUT2D eigenvalue weighted by Gasteiger charge is -2.20. The number of hydrogen-bond acceptors (Lipinski definition) is 4. The number of aromatic nitrogens is 2. The van der Waals surface area contributed by atoms with Crippen LogP contribution in [0, 0.1) is 6.92 Å². The van der Waals surface area contributed by atoms with Crippen LogP contribution < -0.4 is 14.4 Å². The van der Waals surface area contributed by atoms with Crippen molar-refractivity contribution in [3.63, 3.8) is 0 Å². The van der Waals surface area contributed by atoms with Crippen LogP contribution in [0.3, 0.4) is 0 Å². The summed E-state index contributed by atoms with van der Waals surface area (Å²) in [5, 5.41) is 0.724. The van der Waals surface area contributed by atoms with Gasteiger partial charge < -0.3 is 18.9 Å². The van der Waals surface area contributed by atoms with Gasteiger partial charge in [-0.25, -0.2) is 4.98 Å². The summed E-state index contributed by atoms with van der Waals surface area (Å²) < 4.78 is 14.0. The van der Waals surface area contributed by atoms with Crippen LogP contribution in [0.15, 0.2) is 66.7 Å². The van der Waals surface area contributed by atoms with E-state index < -0.39 is 0 Å². The third-order valence-electron chi connectivity index (χ3n) is 6.34. The molecule has 1 saturated heterocycles. The molecule has 4 aromatic rings. The third kappa shape index (κ3) is 4.71. The molecule has 0 N–H and O–H groups in total. The SMILES string of the molecule is CCOc1ccccc1N1C[C@H](c2nc3ccccc3n2CCOc2ccc(Cl)c(C)c2)CC1=O. The zero-order valence-electron chi connectivity index (χ0n) is 19.9. The van der Waals surface area contributed by atoms with E-state index >= 15 is 0 Å². The number of anilines is 1. The maximum Gasteiger partial charge on any atom is 0.227 e. The predicted molar refractivity (Wildman–Crippen MR) is 139 cm³/mol. The molecule has 1 aliphatic heterocycles. The van der Waals surface area contributed by atoms with Crippen molar-refractivity contribution < 1.29 is 14.3 Å². The molecule has 0 aliphatic carbocycles. The van der Waals surface area contributed by atoms with Crippen LogP contribution in [0.1, 0.15) is 30.7 Å². The minimum atomic E-state index is -0.0256. The molecular formula is C28H28ClN3O3. The number of benzene rings is 3. The molecular weight excluding hydrogens is 462 g/mol. The van der Waals surface area contributed by atoms with Crippen molar-refractivity contribution in [2.45, 2.75) is 32.7 Å². The molecule has 0 saturated carbocycles. The van der Waals surface area contributed by atoms with Crippen LogP contribution >= 0.6 is 11.6 Å². The molecule has 0 radical (unpaired) electrons. The zero-order chi connectivity index (χ0) is 24.4. The summed E-state index contributed by atoms with van der Waals surface area (Å²) in [4.78, 5) is 19.9.